The van der Waals surface area contributed by atoms with Crippen molar-refractivity contribution in [3.05, 3.63) is 56.6 Å². The van der Waals surface area contributed by atoms with Gasteiger partial charge in [-0.05, 0) is 59.1 Å². The van der Waals surface area contributed by atoms with Gasteiger partial charge < -0.3 is 10.2 Å². The maximum Gasteiger partial charge on any atom is 0.137 e. The SMILES string of the molecule is CC(C)c1cc(C2(c3cc(Cl)c(O)c(C(C)C)c3)CCCCC2)cc(Cl)c1O. The van der Waals surface area contributed by atoms with E-state index in [-0.39, 0.29) is 28.7 Å². The molecule has 1 aliphatic rings. The van der Waals surface area contributed by atoms with Crippen molar-refractivity contribution in [1.82, 2.24) is 0 Å². The monoisotopic (exact) mass is 420 g/mol. The Bertz CT molecular complexity index is 800. The van der Waals surface area contributed by atoms with Crippen LogP contribution in [0.4, 0.5) is 0 Å². The van der Waals surface area contributed by atoms with E-state index >= 15 is 0 Å². The lowest BCUT2D eigenvalue weighted by Crippen LogP contribution is -2.31. The number of halogens is 2. The van der Waals surface area contributed by atoms with Crippen molar-refractivity contribution < 1.29 is 10.2 Å². The molecule has 0 heterocycles. The summed E-state index contributed by atoms with van der Waals surface area (Å²) in [6, 6.07) is 8.08. The Labute approximate surface area is 178 Å². The van der Waals surface area contributed by atoms with E-state index in [1.165, 1.54) is 6.42 Å². The highest BCUT2D eigenvalue weighted by molar-refractivity contribution is 6.32. The molecule has 0 aliphatic heterocycles. The Hall–Kier alpha value is -1.38. The average molecular weight is 421 g/mol. The van der Waals surface area contributed by atoms with Crippen LogP contribution in [0, 0.1) is 0 Å². The van der Waals surface area contributed by atoms with Gasteiger partial charge in [0.05, 0.1) is 10.0 Å². The summed E-state index contributed by atoms with van der Waals surface area (Å²) >= 11 is 12.9. The molecule has 0 radical (unpaired) electrons. The molecular weight excluding hydrogens is 391 g/mol. The predicted octanol–water partition coefficient (Wildman–Crippen LogP) is 7.90. The number of rotatable bonds is 4. The largest absolute Gasteiger partial charge is 0.506 e. The van der Waals surface area contributed by atoms with Gasteiger partial charge in [0.25, 0.3) is 0 Å². The zero-order chi connectivity index (χ0) is 20.6. The van der Waals surface area contributed by atoms with Gasteiger partial charge in [-0.2, -0.15) is 0 Å². The minimum Gasteiger partial charge on any atom is -0.506 e. The van der Waals surface area contributed by atoms with Crippen LogP contribution < -0.4 is 0 Å². The number of benzene rings is 2. The molecule has 0 saturated heterocycles. The van der Waals surface area contributed by atoms with Crippen molar-refractivity contribution in [3.63, 3.8) is 0 Å². The van der Waals surface area contributed by atoms with Crippen LogP contribution in [0.2, 0.25) is 10.0 Å². The maximum atomic E-state index is 10.5. The highest BCUT2D eigenvalue weighted by Gasteiger charge is 2.38. The first-order valence-corrected chi connectivity index (χ1v) is 11.0. The number of hydrogen-bond acceptors (Lipinski definition) is 2. The Morgan fingerprint density at radius 3 is 1.46 bits per heavy atom. The fourth-order valence-electron chi connectivity index (χ4n) is 4.57. The molecule has 0 atom stereocenters. The van der Waals surface area contributed by atoms with Gasteiger partial charge in [-0.3, -0.25) is 0 Å². The van der Waals surface area contributed by atoms with Gasteiger partial charge >= 0.3 is 0 Å². The molecule has 2 N–H and O–H groups in total. The van der Waals surface area contributed by atoms with Crippen molar-refractivity contribution in [2.24, 2.45) is 0 Å². The highest BCUT2D eigenvalue weighted by atomic mass is 35.5. The van der Waals surface area contributed by atoms with E-state index in [9.17, 15) is 10.2 Å². The lowest BCUT2D eigenvalue weighted by molar-refractivity contribution is 0.344. The normalized spacial score (nSPS) is 16.7. The van der Waals surface area contributed by atoms with Crippen LogP contribution in [0.3, 0.4) is 0 Å². The Balaban J connectivity index is 2.27. The first-order valence-electron chi connectivity index (χ1n) is 10.2. The molecule has 1 saturated carbocycles. The molecule has 0 spiro atoms. The maximum absolute atomic E-state index is 10.5. The van der Waals surface area contributed by atoms with E-state index in [0.29, 0.717) is 10.0 Å². The van der Waals surface area contributed by atoms with Gasteiger partial charge in [0, 0.05) is 5.41 Å². The van der Waals surface area contributed by atoms with Gasteiger partial charge in [0.1, 0.15) is 11.5 Å². The predicted molar refractivity (Wildman–Crippen MR) is 118 cm³/mol. The van der Waals surface area contributed by atoms with Crippen molar-refractivity contribution in [1.29, 1.82) is 0 Å². The van der Waals surface area contributed by atoms with Crippen LogP contribution in [0.1, 0.15) is 93.9 Å². The van der Waals surface area contributed by atoms with Crippen LogP contribution in [0.5, 0.6) is 11.5 Å². The summed E-state index contributed by atoms with van der Waals surface area (Å²) < 4.78 is 0. The molecule has 0 aromatic heterocycles. The molecule has 0 unspecified atom stereocenters. The Morgan fingerprint density at radius 2 is 1.11 bits per heavy atom. The third kappa shape index (κ3) is 3.74. The molecule has 2 aromatic carbocycles. The summed E-state index contributed by atoms with van der Waals surface area (Å²) in [7, 11) is 0. The van der Waals surface area contributed by atoms with E-state index in [0.717, 1.165) is 47.9 Å². The first-order chi connectivity index (χ1) is 13.2. The molecule has 28 heavy (non-hydrogen) atoms. The fourth-order valence-corrected chi connectivity index (χ4v) is 5.03. The second kappa shape index (κ2) is 8.16. The zero-order valence-corrected chi connectivity index (χ0v) is 18.7. The van der Waals surface area contributed by atoms with Gasteiger partial charge in [-0.15, -0.1) is 0 Å². The molecule has 1 aliphatic carbocycles. The number of phenolic OH excluding ortho intramolecular Hbond substituents is 2. The molecule has 1 fully saturated rings. The third-order valence-electron chi connectivity index (χ3n) is 6.24. The summed E-state index contributed by atoms with van der Waals surface area (Å²) in [5.74, 6) is 0.705. The lowest BCUT2D eigenvalue weighted by Gasteiger charge is -2.40. The fraction of sp³-hybridized carbons (Fsp3) is 0.500. The number of aromatic hydroxyl groups is 2. The molecule has 4 heteroatoms. The van der Waals surface area contributed by atoms with Gasteiger partial charge in [-0.1, -0.05) is 82.3 Å². The second-order valence-corrected chi connectivity index (χ2v) is 9.56. The standard InChI is InChI=1S/C24H30Cl2O2/c1-14(2)18-10-16(12-20(25)22(18)27)24(8-6-5-7-9-24)17-11-19(15(3)4)23(28)21(26)13-17/h10-15,27-28H,5-9H2,1-4H3. The zero-order valence-electron chi connectivity index (χ0n) is 17.1. The van der Waals surface area contributed by atoms with Crippen molar-refractivity contribution >= 4 is 23.2 Å². The minimum atomic E-state index is -0.208. The van der Waals surface area contributed by atoms with Crippen LogP contribution in [-0.2, 0) is 5.41 Å². The number of phenols is 2. The highest BCUT2D eigenvalue weighted by Crippen LogP contribution is 2.50. The Morgan fingerprint density at radius 1 is 0.714 bits per heavy atom. The van der Waals surface area contributed by atoms with Gasteiger partial charge in [0.15, 0.2) is 0 Å². The van der Waals surface area contributed by atoms with Crippen molar-refractivity contribution in [2.75, 3.05) is 0 Å². The van der Waals surface area contributed by atoms with E-state index in [1.54, 1.807) is 0 Å². The Kier molecular flexibility index (Phi) is 6.22. The van der Waals surface area contributed by atoms with E-state index < -0.39 is 0 Å². The number of hydrogen-bond donors (Lipinski definition) is 2. The summed E-state index contributed by atoms with van der Waals surface area (Å²) in [5.41, 5.74) is 3.81. The van der Waals surface area contributed by atoms with Gasteiger partial charge in [-0.25, -0.2) is 0 Å². The molecular formula is C24H30Cl2O2. The minimum absolute atomic E-state index is 0.174. The van der Waals surface area contributed by atoms with E-state index in [4.69, 9.17) is 23.2 Å². The summed E-state index contributed by atoms with van der Waals surface area (Å²) in [6.07, 6.45) is 5.48. The van der Waals surface area contributed by atoms with Gasteiger partial charge in [0.2, 0.25) is 0 Å². The molecule has 3 rings (SSSR count). The van der Waals surface area contributed by atoms with Crippen LogP contribution in [0.15, 0.2) is 24.3 Å². The summed E-state index contributed by atoms with van der Waals surface area (Å²) in [4.78, 5) is 0. The average Bonchev–Trinajstić information content (AvgIpc) is 2.65. The van der Waals surface area contributed by atoms with Crippen LogP contribution >= 0.6 is 23.2 Å². The van der Waals surface area contributed by atoms with Crippen LogP contribution in [0.25, 0.3) is 0 Å². The molecule has 0 bridgehead atoms. The van der Waals surface area contributed by atoms with E-state index in [2.05, 4.69) is 39.8 Å². The first kappa shape index (κ1) is 21.3. The molecule has 0 amide bonds. The quantitative estimate of drug-likeness (QED) is 0.527. The molecule has 152 valence electrons. The smallest absolute Gasteiger partial charge is 0.137 e. The topological polar surface area (TPSA) is 40.5 Å². The van der Waals surface area contributed by atoms with Crippen molar-refractivity contribution in [3.8, 4) is 11.5 Å². The summed E-state index contributed by atoms with van der Waals surface area (Å²) in [6.45, 7) is 8.27. The van der Waals surface area contributed by atoms with Crippen LogP contribution in [-0.4, -0.2) is 10.2 Å². The third-order valence-corrected chi connectivity index (χ3v) is 6.82. The summed E-state index contributed by atoms with van der Waals surface area (Å²) in [5, 5.41) is 21.7. The lowest BCUT2D eigenvalue weighted by atomic mass is 9.64. The second-order valence-electron chi connectivity index (χ2n) is 8.74. The van der Waals surface area contributed by atoms with E-state index in [1.807, 2.05) is 12.1 Å². The molecule has 2 nitrogen and oxygen atoms in total. The molecule has 2 aromatic rings. The van der Waals surface area contributed by atoms with Crippen molar-refractivity contribution in [2.45, 2.75) is 77.0 Å².